The van der Waals surface area contributed by atoms with Crippen LogP contribution in [0.2, 0.25) is 0 Å². The molecular weight excluding hydrogens is 260 g/mol. The lowest BCUT2D eigenvalue weighted by molar-refractivity contribution is 0.199. The van der Waals surface area contributed by atoms with Gasteiger partial charge in [0.25, 0.3) is 0 Å². The Labute approximate surface area is 117 Å². The Balaban J connectivity index is 1.95. The lowest BCUT2D eigenvalue weighted by Gasteiger charge is -2.01. The molecule has 0 aliphatic carbocycles. The minimum Gasteiger partial charge on any atom is -0.497 e. The van der Waals surface area contributed by atoms with Crippen LogP contribution in [-0.2, 0) is 11.3 Å². The summed E-state index contributed by atoms with van der Waals surface area (Å²) in [6.45, 7) is 2.41. The number of methoxy groups -OCH3 is 2. The second kappa shape index (κ2) is 7.23. The molecule has 4 nitrogen and oxygen atoms in total. The molecule has 0 saturated heterocycles. The lowest BCUT2D eigenvalue weighted by atomic mass is 10.2. The maximum absolute atomic E-state index is 5.15. The van der Waals surface area contributed by atoms with Gasteiger partial charge in [-0.1, -0.05) is 0 Å². The third kappa shape index (κ3) is 4.02. The maximum Gasteiger partial charge on any atom is 0.123 e. The lowest BCUT2D eigenvalue weighted by Crippen LogP contribution is -2.17. The van der Waals surface area contributed by atoms with Crippen LogP contribution in [0.1, 0.15) is 4.88 Å². The number of hydrogen-bond acceptors (Lipinski definition) is 5. The highest BCUT2D eigenvalue weighted by atomic mass is 32.1. The molecule has 1 heterocycles. The van der Waals surface area contributed by atoms with Gasteiger partial charge in [0.05, 0.1) is 13.7 Å². The van der Waals surface area contributed by atoms with Gasteiger partial charge in [0, 0.05) is 36.8 Å². The molecule has 2 rings (SSSR count). The highest BCUT2D eigenvalue weighted by Crippen LogP contribution is 2.26. The van der Waals surface area contributed by atoms with Crippen LogP contribution in [0.5, 0.6) is 5.75 Å². The molecule has 0 saturated carbocycles. The number of nitrogens with one attached hydrogen (secondary N) is 1. The number of thiazole rings is 1. The third-order valence-electron chi connectivity index (χ3n) is 2.67. The zero-order valence-corrected chi connectivity index (χ0v) is 12.0. The summed E-state index contributed by atoms with van der Waals surface area (Å²) in [6.07, 6.45) is 1.92. The molecule has 0 radical (unpaired) electrons. The molecular formula is C14H18N2O2S. The summed E-state index contributed by atoms with van der Waals surface area (Å²) >= 11 is 1.70. The SMILES string of the molecule is COCCNCc1cnc(-c2ccc(OC)cc2)s1. The smallest absolute Gasteiger partial charge is 0.123 e. The number of aromatic nitrogens is 1. The minimum atomic E-state index is 0.726. The fraction of sp³-hybridized carbons (Fsp3) is 0.357. The Morgan fingerprint density at radius 1 is 1.21 bits per heavy atom. The van der Waals surface area contributed by atoms with Crippen molar-refractivity contribution < 1.29 is 9.47 Å². The summed E-state index contributed by atoms with van der Waals surface area (Å²) in [5, 5.41) is 4.34. The van der Waals surface area contributed by atoms with E-state index in [1.807, 2.05) is 30.5 Å². The van der Waals surface area contributed by atoms with Crippen molar-refractivity contribution in [3.63, 3.8) is 0 Å². The first kappa shape index (κ1) is 14.0. The van der Waals surface area contributed by atoms with E-state index in [9.17, 15) is 0 Å². The van der Waals surface area contributed by atoms with E-state index in [2.05, 4.69) is 10.3 Å². The summed E-state index contributed by atoms with van der Waals surface area (Å²) in [5.41, 5.74) is 1.12. The van der Waals surface area contributed by atoms with Crippen LogP contribution in [0.3, 0.4) is 0 Å². The van der Waals surface area contributed by atoms with Gasteiger partial charge >= 0.3 is 0 Å². The topological polar surface area (TPSA) is 43.4 Å². The molecule has 1 aromatic heterocycles. The Bertz CT molecular complexity index is 496. The van der Waals surface area contributed by atoms with Crippen LogP contribution in [0.4, 0.5) is 0 Å². The molecule has 19 heavy (non-hydrogen) atoms. The number of hydrogen-bond donors (Lipinski definition) is 1. The average molecular weight is 278 g/mol. The zero-order chi connectivity index (χ0) is 13.5. The molecule has 0 bridgehead atoms. The van der Waals surface area contributed by atoms with Gasteiger partial charge in [-0.15, -0.1) is 11.3 Å². The van der Waals surface area contributed by atoms with Gasteiger partial charge in [-0.2, -0.15) is 0 Å². The summed E-state index contributed by atoms with van der Waals surface area (Å²) in [7, 11) is 3.37. The van der Waals surface area contributed by atoms with E-state index >= 15 is 0 Å². The maximum atomic E-state index is 5.15. The molecule has 1 aromatic carbocycles. The number of ether oxygens (including phenoxy) is 2. The third-order valence-corrected chi connectivity index (χ3v) is 3.72. The van der Waals surface area contributed by atoms with E-state index in [0.717, 1.165) is 36.0 Å². The molecule has 2 aromatic rings. The van der Waals surface area contributed by atoms with E-state index in [4.69, 9.17) is 9.47 Å². The molecule has 0 atom stereocenters. The van der Waals surface area contributed by atoms with Gasteiger partial charge in [-0.3, -0.25) is 0 Å². The van der Waals surface area contributed by atoms with Gasteiger partial charge in [-0.05, 0) is 24.3 Å². The molecule has 5 heteroatoms. The molecule has 0 spiro atoms. The molecule has 0 unspecified atom stereocenters. The average Bonchev–Trinajstić information content (AvgIpc) is 2.92. The van der Waals surface area contributed by atoms with Crippen LogP contribution in [0.25, 0.3) is 10.6 Å². The van der Waals surface area contributed by atoms with Gasteiger partial charge in [-0.25, -0.2) is 4.98 Å². The molecule has 0 aliphatic heterocycles. The van der Waals surface area contributed by atoms with Crippen molar-refractivity contribution in [3.05, 3.63) is 35.3 Å². The molecule has 0 amide bonds. The number of rotatable bonds is 7. The molecule has 0 fully saturated rings. The fourth-order valence-corrected chi connectivity index (χ4v) is 2.53. The van der Waals surface area contributed by atoms with Crippen molar-refractivity contribution in [2.75, 3.05) is 27.4 Å². The Morgan fingerprint density at radius 2 is 2.00 bits per heavy atom. The van der Waals surface area contributed by atoms with Gasteiger partial charge < -0.3 is 14.8 Å². The molecule has 102 valence electrons. The zero-order valence-electron chi connectivity index (χ0n) is 11.2. The quantitative estimate of drug-likeness (QED) is 0.791. The first-order valence-corrected chi connectivity index (χ1v) is 6.94. The molecule has 0 aliphatic rings. The van der Waals surface area contributed by atoms with Crippen LogP contribution < -0.4 is 10.1 Å². The second-order valence-corrected chi connectivity index (χ2v) is 5.15. The standard InChI is InChI=1S/C14H18N2O2S/c1-17-8-7-15-9-13-10-16-14(19-13)11-3-5-12(18-2)6-4-11/h3-6,10,15H,7-9H2,1-2H3. The van der Waals surface area contributed by atoms with Crippen molar-refractivity contribution >= 4 is 11.3 Å². The van der Waals surface area contributed by atoms with Gasteiger partial charge in [0.2, 0.25) is 0 Å². The molecule has 1 N–H and O–H groups in total. The van der Waals surface area contributed by atoms with Crippen molar-refractivity contribution in [2.24, 2.45) is 0 Å². The normalized spacial score (nSPS) is 10.6. The monoisotopic (exact) mass is 278 g/mol. The van der Waals surface area contributed by atoms with E-state index < -0.39 is 0 Å². The predicted octanol–water partition coefficient (Wildman–Crippen LogP) is 2.55. The minimum absolute atomic E-state index is 0.726. The van der Waals surface area contributed by atoms with Crippen molar-refractivity contribution in [3.8, 4) is 16.3 Å². The Morgan fingerprint density at radius 3 is 2.68 bits per heavy atom. The predicted molar refractivity (Wildman–Crippen MR) is 77.7 cm³/mol. The van der Waals surface area contributed by atoms with Crippen molar-refractivity contribution in [1.29, 1.82) is 0 Å². The number of nitrogens with zero attached hydrogens (tertiary/aromatic N) is 1. The van der Waals surface area contributed by atoms with Crippen molar-refractivity contribution in [2.45, 2.75) is 6.54 Å². The summed E-state index contributed by atoms with van der Waals surface area (Å²) < 4.78 is 10.1. The van der Waals surface area contributed by atoms with Crippen molar-refractivity contribution in [1.82, 2.24) is 10.3 Å². The first-order chi connectivity index (χ1) is 9.33. The first-order valence-electron chi connectivity index (χ1n) is 6.12. The van der Waals surface area contributed by atoms with Crippen LogP contribution in [0, 0.1) is 0 Å². The summed E-state index contributed by atoms with van der Waals surface area (Å²) in [6, 6.07) is 7.96. The van der Waals surface area contributed by atoms with Crippen LogP contribution >= 0.6 is 11.3 Å². The Hall–Kier alpha value is -1.43. The van der Waals surface area contributed by atoms with Gasteiger partial charge in [0.15, 0.2) is 0 Å². The van der Waals surface area contributed by atoms with Crippen LogP contribution in [-0.4, -0.2) is 32.4 Å². The summed E-state index contributed by atoms with van der Waals surface area (Å²) in [5.74, 6) is 0.863. The Kier molecular flexibility index (Phi) is 5.32. The van der Waals surface area contributed by atoms with E-state index in [1.165, 1.54) is 4.88 Å². The van der Waals surface area contributed by atoms with Crippen LogP contribution in [0.15, 0.2) is 30.5 Å². The second-order valence-electron chi connectivity index (χ2n) is 4.03. The van der Waals surface area contributed by atoms with E-state index in [-0.39, 0.29) is 0 Å². The van der Waals surface area contributed by atoms with E-state index in [1.54, 1.807) is 25.6 Å². The summed E-state index contributed by atoms with van der Waals surface area (Å²) in [4.78, 5) is 5.67. The highest BCUT2D eigenvalue weighted by Gasteiger charge is 2.04. The fourth-order valence-electron chi connectivity index (χ4n) is 1.64. The largest absolute Gasteiger partial charge is 0.497 e. The van der Waals surface area contributed by atoms with Gasteiger partial charge in [0.1, 0.15) is 10.8 Å². The highest BCUT2D eigenvalue weighted by molar-refractivity contribution is 7.15. The van der Waals surface area contributed by atoms with E-state index in [0.29, 0.717) is 0 Å². The number of benzene rings is 1.